The highest BCUT2D eigenvalue weighted by Gasteiger charge is 2.30. The monoisotopic (exact) mass is 307 g/mol. The van der Waals surface area contributed by atoms with Gasteiger partial charge in [0.2, 0.25) is 15.9 Å². The van der Waals surface area contributed by atoms with E-state index in [4.69, 9.17) is 22.4 Å². The Morgan fingerprint density at radius 2 is 2.05 bits per heavy atom. The molecule has 8 nitrogen and oxygen atoms in total. The number of hydrogen-bond acceptors (Lipinski definition) is 5. The van der Waals surface area contributed by atoms with Crippen molar-refractivity contribution in [1.29, 1.82) is 0 Å². The number of carbonyl (C=O) groups excluding carboxylic acids is 1. The number of nitrogens with zero attached hydrogens (tertiary/aromatic N) is 2. The second-order valence-electron chi connectivity index (χ2n) is 3.43. The molecule has 1 amide bonds. The van der Waals surface area contributed by atoms with Crippen molar-refractivity contribution in [3.8, 4) is 0 Å². The molecule has 19 heavy (non-hydrogen) atoms. The van der Waals surface area contributed by atoms with Gasteiger partial charge in [0, 0.05) is 6.20 Å². The molecule has 0 fully saturated rings. The van der Waals surface area contributed by atoms with Crippen molar-refractivity contribution in [2.45, 2.75) is 4.90 Å². The van der Waals surface area contributed by atoms with E-state index in [-0.39, 0.29) is 10.0 Å². The molecule has 3 N–H and O–H groups in total. The zero-order valence-electron chi connectivity index (χ0n) is 9.48. The molecular formula is C9H10ClN3O5S. The van der Waals surface area contributed by atoms with E-state index in [1.54, 1.807) is 0 Å². The van der Waals surface area contributed by atoms with Crippen LogP contribution in [0.1, 0.15) is 0 Å². The van der Waals surface area contributed by atoms with Crippen LogP contribution in [-0.2, 0) is 19.6 Å². The quantitative estimate of drug-likeness (QED) is 0.668. The molecule has 104 valence electrons. The molecule has 0 bridgehead atoms. The summed E-state index contributed by atoms with van der Waals surface area (Å²) >= 11 is 5.65. The lowest BCUT2D eigenvalue weighted by molar-refractivity contribution is -0.137. The number of carboxylic acids is 1. The summed E-state index contributed by atoms with van der Waals surface area (Å²) in [5.41, 5.74) is 4.90. The Morgan fingerprint density at radius 3 is 2.53 bits per heavy atom. The van der Waals surface area contributed by atoms with Crippen LogP contribution in [-0.4, -0.2) is 47.8 Å². The Kier molecular flexibility index (Phi) is 4.81. The van der Waals surface area contributed by atoms with Gasteiger partial charge in [-0.15, -0.1) is 0 Å². The summed E-state index contributed by atoms with van der Waals surface area (Å²) in [7, 11) is -4.26. The van der Waals surface area contributed by atoms with Gasteiger partial charge >= 0.3 is 5.97 Å². The molecule has 0 radical (unpaired) electrons. The normalized spacial score (nSPS) is 11.5. The van der Waals surface area contributed by atoms with Gasteiger partial charge in [0.15, 0.2) is 0 Å². The number of carbonyl (C=O) groups is 2. The summed E-state index contributed by atoms with van der Waals surface area (Å²) < 4.78 is 24.7. The number of aliphatic carboxylic acids is 1. The fraction of sp³-hybridized carbons (Fsp3) is 0.222. The molecule has 1 rings (SSSR count). The number of pyridine rings is 1. The maximum absolute atomic E-state index is 12.2. The van der Waals surface area contributed by atoms with Crippen LogP contribution in [0.3, 0.4) is 0 Å². The van der Waals surface area contributed by atoms with Crippen LogP contribution in [0.2, 0.25) is 5.15 Å². The molecule has 0 aliphatic carbocycles. The van der Waals surface area contributed by atoms with E-state index in [9.17, 15) is 18.0 Å². The summed E-state index contributed by atoms with van der Waals surface area (Å²) in [4.78, 5) is 24.7. The van der Waals surface area contributed by atoms with Gasteiger partial charge in [-0.05, 0) is 12.1 Å². The molecule has 0 saturated heterocycles. The van der Waals surface area contributed by atoms with Gasteiger partial charge in [-0.25, -0.2) is 13.4 Å². The topological polar surface area (TPSA) is 131 Å². The number of sulfonamides is 1. The van der Waals surface area contributed by atoms with Crippen LogP contribution < -0.4 is 5.73 Å². The van der Waals surface area contributed by atoms with Gasteiger partial charge < -0.3 is 10.8 Å². The largest absolute Gasteiger partial charge is 0.480 e. The molecule has 1 aromatic heterocycles. The fourth-order valence-electron chi connectivity index (χ4n) is 1.25. The molecule has 1 heterocycles. The van der Waals surface area contributed by atoms with Crippen molar-refractivity contribution < 1.29 is 23.1 Å². The van der Waals surface area contributed by atoms with E-state index in [0.29, 0.717) is 4.31 Å². The third-order valence-electron chi connectivity index (χ3n) is 1.99. The Bertz CT molecular complexity index is 588. The number of halogens is 1. The number of hydrogen-bond donors (Lipinski definition) is 2. The molecule has 0 aliphatic heterocycles. The highest BCUT2D eigenvalue weighted by molar-refractivity contribution is 7.89. The molecule has 0 aromatic carbocycles. The first-order chi connectivity index (χ1) is 8.75. The Morgan fingerprint density at radius 1 is 1.42 bits per heavy atom. The summed E-state index contributed by atoms with van der Waals surface area (Å²) in [5, 5.41) is 8.35. The van der Waals surface area contributed by atoms with E-state index in [0.717, 1.165) is 6.07 Å². The number of nitrogens with two attached hydrogens (primary N) is 1. The van der Waals surface area contributed by atoms with Crippen LogP contribution in [0.25, 0.3) is 0 Å². The van der Waals surface area contributed by atoms with Crippen molar-refractivity contribution in [2.24, 2.45) is 5.73 Å². The van der Waals surface area contributed by atoms with Crippen molar-refractivity contribution in [3.05, 3.63) is 23.5 Å². The number of carboxylic acid groups (broad SMARTS) is 1. The average molecular weight is 308 g/mol. The zero-order chi connectivity index (χ0) is 14.6. The van der Waals surface area contributed by atoms with Crippen molar-refractivity contribution in [1.82, 2.24) is 9.29 Å². The minimum Gasteiger partial charge on any atom is -0.480 e. The molecular weight excluding hydrogens is 298 g/mol. The van der Waals surface area contributed by atoms with E-state index >= 15 is 0 Å². The Labute approximate surface area is 113 Å². The van der Waals surface area contributed by atoms with Crippen molar-refractivity contribution in [2.75, 3.05) is 13.1 Å². The summed E-state index contributed by atoms with van der Waals surface area (Å²) in [6.07, 6.45) is 1.27. The molecule has 0 atom stereocenters. The van der Waals surface area contributed by atoms with Gasteiger partial charge in [0.1, 0.15) is 16.6 Å². The lowest BCUT2D eigenvalue weighted by Gasteiger charge is -2.18. The van der Waals surface area contributed by atoms with Crippen LogP contribution in [0.4, 0.5) is 0 Å². The first-order valence-corrected chi connectivity index (χ1v) is 6.67. The van der Waals surface area contributed by atoms with Crippen LogP contribution in [0, 0.1) is 0 Å². The second-order valence-corrected chi connectivity index (χ2v) is 5.69. The highest BCUT2D eigenvalue weighted by Crippen LogP contribution is 2.21. The number of rotatable bonds is 6. The van der Waals surface area contributed by atoms with Crippen LogP contribution in [0.5, 0.6) is 0 Å². The first-order valence-electron chi connectivity index (χ1n) is 4.86. The fourth-order valence-corrected chi connectivity index (χ4v) is 3.04. The van der Waals surface area contributed by atoms with Gasteiger partial charge in [-0.1, -0.05) is 11.6 Å². The van der Waals surface area contributed by atoms with Gasteiger partial charge in [-0.2, -0.15) is 4.31 Å². The van der Waals surface area contributed by atoms with Crippen molar-refractivity contribution >= 4 is 33.5 Å². The second kappa shape index (κ2) is 5.95. The Balaban J connectivity index is 3.23. The van der Waals surface area contributed by atoms with Gasteiger partial charge in [0.25, 0.3) is 0 Å². The lowest BCUT2D eigenvalue weighted by Crippen LogP contribution is -2.41. The van der Waals surface area contributed by atoms with Crippen LogP contribution >= 0.6 is 11.6 Å². The maximum atomic E-state index is 12.2. The molecule has 1 aromatic rings. The summed E-state index contributed by atoms with van der Waals surface area (Å²) in [5.74, 6) is -2.41. The maximum Gasteiger partial charge on any atom is 0.318 e. The zero-order valence-corrected chi connectivity index (χ0v) is 11.1. The highest BCUT2D eigenvalue weighted by atomic mass is 35.5. The number of aromatic nitrogens is 1. The van der Waals surface area contributed by atoms with E-state index in [1.165, 1.54) is 12.3 Å². The van der Waals surface area contributed by atoms with Crippen molar-refractivity contribution in [3.63, 3.8) is 0 Å². The minimum absolute atomic E-state index is 0.317. The predicted octanol–water partition coefficient (Wildman–Crippen LogP) is -0.704. The van der Waals surface area contributed by atoms with E-state index in [1.807, 2.05) is 0 Å². The molecule has 0 saturated carbocycles. The third kappa shape index (κ3) is 3.88. The minimum atomic E-state index is -4.26. The third-order valence-corrected chi connectivity index (χ3v) is 4.22. The predicted molar refractivity (Wildman–Crippen MR) is 64.8 cm³/mol. The summed E-state index contributed by atoms with van der Waals surface area (Å²) in [6, 6.07) is 2.47. The molecule has 0 spiro atoms. The number of amides is 1. The first kappa shape index (κ1) is 15.3. The van der Waals surface area contributed by atoms with E-state index < -0.39 is 35.0 Å². The van der Waals surface area contributed by atoms with E-state index in [2.05, 4.69) is 4.98 Å². The van der Waals surface area contributed by atoms with Crippen LogP contribution in [0.15, 0.2) is 23.2 Å². The SMILES string of the molecule is NC(=O)CN(CC(=O)O)S(=O)(=O)c1cccnc1Cl. The van der Waals surface area contributed by atoms with Gasteiger partial charge in [0.05, 0.1) is 6.54 Å². The molecule has 10 heteroatoms. The lowest BCUT2D eigenvalue weighted by atomic mass is 10.5. The van der Waals surface area contributed by atoms with Gasteiger partial charge in [-0.3, -0.25) is 9.59 Å². The summed E-state index contributed by atoms with van der Waals surface area (Å²) in [6.45, 7) is -1.67. The molecule has 0 aliphatic rings. The average Bonchev–Trinajstić information content (AvgIpc) is 2.27. The molecule has 0 unspecified atom stereocenters. The number of primary amides is 1. The Hall–Kier alpha value is -1.71. The smallest absolute Gasteiger partial charge is 0.318 e. The standard InChI is InChI=1S/C9H10ClN3O5S/c10-9-6(2-1-3-12-9)19(17,18)13(4-7(11)14)5-8(15)16/h1-3H,4-5H2,(H2,11,14)(H,15,16).